The maximum atomic E-state index is 13.3. The molecule has 2 saturated heterocycles. The molecular weight excluding hydrogens is 278 g/mol. The maximum absolute atomic E-state index is 13.3. The van der Waals surface area contributed by atoms with Crippen LogP contribution in [0.3, 0.4) is 0 Å². The predicted octanol–water partition coefficient (Wildman–Crippen LogP) is 1.58. The number of amides is 1. The molecular formula is C15H26F2N2O2. The van der Waals surface area contributed by atoms with Crippen LogP contribution in [0, 0.1) is 11.8 Å². The lowest BCUT2D eigenvalue weighted by molar-refractivity contribution is -0.133. The largest absolute Gasteiger partial charge is 0.394 e. The van der Waals surface area contributed by atoms with E-state index in [1.807, 2.05) is 6.92 Å². The summed E-state index contributed by atoms with van der Waals surface area (Å²) in [5.74, 6) is -2.17. The normalized spacial score (nSPS) is 32.8. The number of halogens is 2. The first-order valence-corrected chi connectivity index (χ1v) is 7.92. The van der Waals surface area contributed by atoms with Crippen LogP contribution in [0.5, 0.6) is 0 Å². The minimum absolute atomic E-state index is 0.0433. The molecule has 2 rings (SSSR count). The molecule has 0 aliphatic carbocycles. The number of hydrogen-bond donors (Lipinski definition) is 1. The number of nitrogens with zero attached hydrogens (tertiary/aromatic N) is 2. The van der Waals surface area contributed by atoms with Gasteiger partial charge in [-0.1, -0.05) is 20.3 Å². The lowest BCUT2D eigenvalue weighted by atomic mass is 9.88. The van der Waals surface area contributed by atoms with Crippen molar-refractivity contribution >= 4 is 5.91 Å². The van der Waals surface area contributed by atoms with Gasteiger partial charge in [-0.2, -0.15) is 0 Å². The predicted molar refractivity (Wildman–Crippen MR) is 76.2 cm³/mol. The number of aliphatic hydroxyl groups excluding tert-OH is 1. The van der Waals surface area contributed by atoms with E-state index in [0.717, 1.165) is 6.42 Å². The summed E-state index contributed by atoms with van der Waals surface area (Å²) < 4.78 is 26.7. The Balaban J connectivity index is 2.06. The molecule has 0 aromatic rings. The van der Waals surface area contributed by atoms with Crippen molar-refractivity contribution in [3.8, 4) is 0 Å². The number of likely N-dealkylation sites (tertiary alicyclic amines) is 2. The van der Waals surface area contributed by atoms with E-state index in [4.69, 9.17) is 0 Å². The second kappa shape index (κ2) is 6.57. The topological polar surface area (TPSA) is 43.8 Å². The van der Waals surface area contributed by atoms with Crippen LogP contribution in [0.15, 0.2) is 0 Å². The van der Waals surface area contributed by atoms with Crippen molar-refractivity contribution in [2.45, 2.75) is 45.1 Å². The summed E-state index contributed by atoms with van der Waals surface area (Å²) in [6.07, 6.45) is 1.23. The molecule has 3 atom stereocenters. The number of aliphatic hydroxyl groups is 1. The van der Waals surface area contributed by atoms with Gasteiger partial charge in [-0.05, 0) is 11.8 Å². The standard InChI is InChI=1S/C15H26F2N2O2/c1-3-11-7-19(14(21)4-2)13(9-20)12(11)8-18-6-5-15(16,17)10-18/h11-13,20H,3-10H2,1-2H3/t11-,12-,13-/m1/s1. The minimum Gasteiger partial charge on any atom is -0.394 e. The average molecular weight is 304 g/mol. The van der Waals surface area contributed by atoms with E-state index in [0.29, 0.717) is 26.1 Å². The fraction of sp³-hybridized carbons (Fsp3) is 0.933. The van der Waals surface area contributed by atoms with Crippen molar-refractivity contribution in [1.29, 1.82) is 0 Å². The number of hydrogen-bond acceptors (Lipinski definition) is 3. The van der Waals surface area contributed by atoms with Crippen molar-refractivity contribution in [2.75, 3.05) is 32.8 Å². The summed E-state index contributed by atoms with van der Waals surface area (Å²) in [4.78, 5) is 15.6. The van der Waals surface area contributed by atoms with Crippen molar-refractivity contribution in [3.05, 3.63) is 0 Å². The molecule has 6 heteroatoms. The van der Waals surface area contributed by atoms with E-state index < -0.39 is 5.92 Å². The summed E-state index contributed by atoms with van der Waals surface area (Å²) in [5.41, 5.74) is 0. The molecule has 0 spiro atoms. The Bertz CT molecular complexity index is 379. The molecule has 0 aromatic carbocycles. The summed E-state index contributed by atoms with van der Waals surface area (Å²) >= 11 is 0. The monoisotopic (exact) mass is 304 g/mol. The Hall–Kier alpha value is -0.750. The molecule has 2 heterocycles. The summed E-state index contributed by atoms with van der Waals surface area (Å²) in [7, 11) is 0. The van der Waals surface area contributed by atoms with Gasteiger partial charge in [0.1, 0.15) is 0 Å². The summed E-state index contributed by atoms with van der Waals surface area (Å²) in [6, 6.07) is -0.225. The smallest absolute Gasteiger partial charge is 0.261 e. The fourth-order valence-electron chi connectivity index (χ4n) is 3.76. The highest BCUT2D eigenvalue weighted by Crippen LogP contribution is 2.35. The molecule has 0 aromatic heterocycles. The molecule has 0 unspecified atom stereocenters. The van der Waals surface area contributed by atoms with Crippen LogP contribution < -0.4 is 0 Å². The van der Waals surface area contributed by atoms with E-state index in [9.17, 15) is 18.7 Å². The lowest BCUT2D eigenvalue weighted by Gasteiger charge is -2.29. The van der Waals surface area contributed by atoms with Gasteiger partial charge in [0, 0.05) is 32.5 Å². The fourth-order valence-corrected chi connectivity index (χ4v) is 3.76. The molecule has 1 N–H and O–H groups in total. The van der Waals surface area contributed by atoms with Crippen LogP contribution in [0.1, 0.15) is 33.1 Å². The third-order valence-corrected chi connectivity index (χ3v) is 4.98. The van der Waals surface area contributed by atoms with E-state index in [2.05, 4.69) is 6.92 Å². The Morgan fingerprint density at radius 2 is 2.10 bits per heavy atom. The van der Waals surface area contributed by atoms with Gasteiger partial charge in [-0.25, -0.2) is 8.78 Å². The van der Waals surface area contributed by atoms with Gasteiger partial charge in [0.05, 0.1) is 19.2 Å². The zero-order chi connectivity index (χ0) is 15.6. The Morgan fingerprint density at radius 3 is 2.57 bits per heavy atom. The Morgan fingerprint density at radius 1 is 1.38 bits per heavy atom. The van der Waals surface area contributed by atoms with Crippen LogP contribution in [0.2, 0.25) is 0 Å². The third kappa shape index (κ3) is 3.54. The van der Waals surface area contributed by atoms with Crippen molar-refractivity contribution < 1.29 is 18.7 Å². The SMILES string of the molecule is CCC(=O)N1C[C@@H](CC)[C@@H](CN2CCC(F)(F)C2)[C@H]1CO. The number of carbonyl (C=O) groups is 1. The first kappa shape index (κ1) is 16.6. The van der Waals surface area contributed by atoms with E-state index in [-0.39, 0.29) is 43.4 Å². The maximum Gasteiger partial charge on any atom is 0.261 e. The average Bonchev–Trinajstić information content (AvgIpc) is 2.98. The van der Waals surface area contributed by atoms with Gasteiger partial charge >= 0.3 is 0 Å². The van der Waals surface area contributed by atoms with Crippen LogP contribution >= 0.6 is 0 Å². The highest BCUT2D eigenvalue weighted by molar-refractivity contribution is 5.76. The Labute approximate surface area is 125 Å². The zero-order valence-corrected chi connectivity index (χ0v) is 12.9. The molecule has 2 fully saturated rings. The second-order valence-electron chi connectivity index (χ2n) is 6.32. The lowest BCUT2D eigenvalue weighted by Crippen LogP contribution is -2.43. The number of carbonyl (C=O) groups excluding carboxylic acids is 1. The van der Waals surface area contributed by atoms with Gasteiger partial charge in [-0.3, -0.25) is 9.69 Å². The van der Waals surface area contributed by atoms with Crippen LogP contribution in [0.4, 0.5) is 8.78 Å². The highest BCUT2D eigenvalue weighted by Gasteiger charge is 2.45. The molecule has 0 saturated carbocycles. The van der Waals surface area contributed by atoms with Gasteiger partial charge in [0.2, 0.25) is 5.91 Å². The second-order valence-corrected chi connectivity index (χ2v) is 6.32. The van der Waals surface area contributed by atoms with E-state index in [1.165, 1.54) is 0 Å². The number of rotatable bonds is 5. The van der Waals surface area contributed by atoms with Gasteiger partial charge in [-0.15, -0.1) is 0 Å². The third-order valence-electron chi connectivity index (χ3n) is 4.98. The molecule has 4 nitrogen and oxygen atoms in total. The Kier molecular flexibility index (Phi) is 5.20. The van der Waals surface area contributed by atoms with E-state index in [1.54, 1.807) is 9.80 Å². The zero-order valence-electron chi connectivity index (χ0n) is 12.9. The van der Waals surface area contributed by atoms with Crippen molar-refractivity contribution in [2.24, 2.45) is 11.8 Å². The van der Waals surface area contributed by atoms with Crippen LogP contribution in [-0.4, -0.2) is 65.6 Å². The van der Waals surface area contributed by atoms with Gasteiger partial charge < -0.3 is 10.0 Å². The van der Waals surface area contributed by atoms with Gasteiger partial charge in [0.25, 0.3) is 5.92 Å². The molecule has 0 radical (unpaired) electrons. The molecule has 21 heavy (non-hydrogen) atoms. The minimum atomic E-state index is -2.59. The molecule has 0 bridgehead atoms. The number of alkyl halides is 2. The summed E-state index contributed by atoms with van der Waals surface area (Å²) in [6.45, 7) is 5.18. The van der Waals surface area contributed by atoms with Gasteiger partial charge in [0.15, 0.2) is 0 Å². The molecule has 122 valence electrons. The molecule has 1 amide bonds. The molecule has 2 aliphatic heterocycles. The van der Waals surface area contributed by atoms with Crippen molar-refractivity contribution in [3.63, 3.8) is 0 Å². The quantitative estimate of drug-likeness (QED) is 0.839. The first-order chi connectivity index (χ1) is 9.91. The molecule has 2 aliphatic rings. The van der Waals surface area contributed by atoms with Crippen molar-refractivity contribution in [1.82, 2.24) is 9.80 Å². The van der Waals surface area contributed by atoms with E-state index >= 15 is 0 Å². The first-order valence-electron chi connectivity index (χ1n) is 7.92. The summed E-state index contributed by atoms with van der Waals surface area (Å²) in [5, 5.41) is 9.68. The highest BCUT2D eigenvalue weighted by atomic mass is 19.3. The van der Waals surface area contributed by atoms with Crippen LogP contribution in [0.25, 0.3) is 0 Å². The van der Waals surface area contributed by atoms with Crippen LogP contribution in [-0.2, 0) is 4.79 Å².